The summed E-state index contributed by atoms with van der Waals surface area (Å²) in [7, 11) is 0. The molecular weight excluding hydrogens is 386 g/mol. The number of halogens is 2. The fourth-order valence-corrected chi connectivity index (χ4v) is 4.17. The van der Waals surface area contributed by atoms with E-state index in [1.54, 1.807) is 34.8 Å². The highest BCUT2D eigenvalue weighted by Gasteiger charge is 2.23. The van der Waals surface area contributed by atoms with Crippen LogP contribution in [0.15, 0.2) is 54.6 Å². The molecule has 1 aliphatic rings. The third-order valence-electron chi connectivity index (χ3n) is 5.62. The van der Waals surface area contributed by atoms with Gasteiger partial charge >= 0.3 is 0 Å². The van der Waals surface area contributed by atoms with Gasteiger partial charge in [-0.2, -0.15) is 4.52 Å². The predicted molar refractivity (Wildman–Crippen MR) is 109 cm³/mol. The fourth-order valence-electron chi connectivity index (χ4n) is 4.17. The molecule has 148 valence electrons. The van der Waals surface area contributed by atoms with E-state index in [4.69, 9.17) is 5.10 Å². The Hall–Kier alpha value is -3.81. The first-order valence-electron chi connectivity index (χ1n) is 9.69. The number of nitrogens with zero attached hydrogens (tertiary/aromatic N) is 5. The summed E-state index contributed by atoms with van der Waals surface area (Å²) >= 11 is 0. The monoisotopic (exact) mass is 402 g/mol. The molecule has 1 aliphatic heterocycles. The Morgan fingerprint density at radius 2 is 1.87 bits per heavy atom. The third kappa shape index (κ3) is 2.57. The van der Waals surface area contributed by atoms with E-state index < -0.39 is 0 Å². The topological polar surface area (TPSA) is 62.1 Å². The molecule has 0 aliphatic carbocycles. The number of aromatic amines is 1. The number of hydrogen-bond acceptors (Lipinski definition) is 4. The number of hydrogen-bond donors (Lipinski definition) is 1. The summed E-state index contributed by atoms with van der Waals surface area (Å²) in [5.41, 5.74) is 4.05. The molecule has 0 saturated carbocycles. The smallest absolute Gasteiger partial charge is 0.188 e. The maximum absolute atomic E-state index is 14.3. The maximum Gasteiger partial charge on any atom is 0.188 e. The van der Waals surface area contributed by atoms with Crippen molar-refractivity contribution in [2.24, 2.45) is 0 Å². The highest BCUT2D eigenvalue weighted by molar-refractivity contribution is 5.85. The second-order valence-electron chi connectivity index (χ2n) is 7.41. The van der Waals surface area contributed by atoms with Gasteiger partial charge in [-0.25, -0.2) is 8.78 Å². The van der Waals surface area contributed by atoms with Crippen molar-refractivity contribution < 1.29 is 8.78 Å². The lowest BCUT2D eigenvalue weighted by Gasteiger charge is -2.28. The third-order valence-corrected chi connectivity index (χ3v) is 5.62. The van der Waals surface area contributed by atoms with Crippen molar-refractivity contribution in [1.82, 2.24) is 24.8 Å². The van der Waals surface area contributed by atoms with E-state index in [-0.39, 0.29) is 11.6 Å². The first-order chi connectivity index (χ1) is 14.7. The number of anilines is 1. The van der Waals surface area contributed by atoms with Crippen molar-refractivity contribution >= 4 is 22.4 Å². The van der Waals surface area contributed by atoms with Gasteiger partial charge in [-0.3, -0.25) is 0 Å². The molecule has 0 amide bonds. The lowest BCUT2D eigenvalue weighted by molar-refractivity contribution is 0.628. The number of rotatable bonds is 2. The van der Waals surface area contributed by atoms with Crippen LogP contribution in [0.2, 0.25) is 0 Å². The first kappa shape index (κ1) is 17.1. The van der Waals surface area contributed by atoms with Gasteiger partial charge in [0.2, 0.25) is 0 Å². The average Bonchev–Trinajstić information content (AvgIpc) is 3.34. The summed E-state index contributed by atoms with van der Waals surface area (Å²) in [5, 5.41) is 13.9. The van der Waals surface area contributed by atoms with Crippen LogP contribution >= 0.6 is 0 Å². The Kier molecular flexibility index (Phi) is 3.61. The Balaban J connectivity index is 1.40. The van der Waals surface area contributed by atoms with Crippen LogP contribution in [0.1, 0.15) is 11.3 Å². The van der Waals surface area contributed by atoms with Crippen molar-refractivity contribution in [3.8, 4) is 11.4 Å². The standard InChI is InChI=1S/C22H16F2N6/c23-13-5-6-18-16(11-13)14-9-10-29(12-19(14)25-18)21-8-7-20-26-27-22(30(20)28-21)15-3-1-2-4-17(15)24/h1-8,11,25H,9-10,12H2. The summed E-state index contributed by atoms with van der Waals surface area (Å²) in [4.78, 5) is 5.54. The summed E-state index contributed by atoms with van der Waals surface area (Å²) < 4.78 is 29.5. The zero-order chi connectivity index (χ0) is 20.2. The van der Waals surface area contributed by atoms with Crippen molar-refractivity contribution in [1.29, 1.82) is 0 Å². The normalized spacial score (nSPS) is 13.9. The molecule has 8 heteroatoms. The van der Waals surface area contributed by atoms with Crippen molar-refractivity contribution in [2.45, 2.75) is 13.0 Å². The Morgan fingerprint density at radius 1 is 0.967 bits per heavy atom. The van der Waals surface area contributed by atoms with Gasteiger partial charge in [0, 0.05) is 23.1 Å². The average molecular weight is 402 g/mol. The van der Waals surface area contributed by atoms with E-state index >= 15 is 0 Å². The van der Waals surface area contributed by atoms with Gasteiger partial charge in [0.05, 0.1) is 12.1 Å². The molecule has 6 rings (SSSR count). The molecule has 0 radical (unpaired) electrons. The predicted octanol–water partition coefficient (Wildman–Crippen LogP) is 4.11. The molecule has 0 unspecified atom stereocenters. The Labute approximate surface area is 169 Å². The van der Waals surface area contributed by atoms with E-state index in [9.17, 15) is 8.78 Å². The SMILES string of the molecule is Fc1ccc2[nH]c3c(c2c1)CCN(c1ccc2nnc(-c4ccccc4F)n2n1)C3. The first-order valence-corrected chi connectivity index (χ1v) is 9.69. The molecule has 2 aromatic carbocycles. The minimum absolute atomic E-state index is 0.230. The summed E-state index contributed by atoms with van der Waals surface area (Å²) in [6.45, 7) is 1.37. The largest absolute Gasteiger partial charge is 0.357 e. The molecule has 0 atom stereocenters. The van der Waals surface area contributed by atoms with Gasteiger partial charge < -0.3 is 9.88 Å². The lowest BCUT2D eigenvalue weighted by Crippen LogP contribution is -2.31. The highest BCUT2D eigenvalue weighted by Crippen LogP contribution is 2.30. The van der Waals surface area contributed by atoms with E-state index in [0.29, 0.717) is 23.6 Å². The molecule has 4 heterocycles. The lowest BCUT2D eigenvalue weighted by atomic mass is 10.0. The molecule has 1 N–H and O–H groups in total. The van der Waals surface area contributed by atoms with Crippen LogP contribution in [-0.4, -0.2) is 31.3 Å². The quantitative estimate of drug-likeness (QED) is 0.483. The summed E-state index contributed by atoms with van der Waals surface area (Å²) in [5.74, 6) is 0.512. The van der Waals surface area contributed by atoms with Crippen molar-refractivity contribution in [3.05, 3.63) is 77.5 Å². The molecule has 3 aromatic heterocycles. The van der Waals surface area contributed by atoms with Crippen LogP contribution < -0.4 is 4.90 Å². The minimum atomic E-state index is -0.369. The maximum atomic E-state index is 14.3. The number of benzene rings is 2. The Bertz CT molecular complexity index is 1420. The van der Waals surface area contributed by atoms with Gasteiger partial charge in [0.1, 0.15) is 17.5 Å². The van der Waals surface area contributed by atoms with Gasteiger partial charge in [0.15, 0.2) is 11.5 Å². The molecule has 0 bridgehead atoms. The van der Waals surface area contributed by atoms with E-state index in [1.807, 2.05) is 12.1 Å². The van der Waals surface area contributed by atoms with Crippen LogP contribution in [0.25, 0.3) is 27.9 Å². The van der Waals surface area contributed by atoms with Crippen LogP contribution in [0, 0.1) is 11.6 Å². The van der Waals surface area contributed by atoms with Gasteiger partial charge in [0.25, 0.3) is 0 Å². The summed E-state index contributed by atoms with van der Waals surface area (Å²) in [6.07, 6.45) is 0.779. The van der Waals surface area contributed by atoms with Crippen molar-refractivity contribution in [2.75, 3.05) is 11.4 Å². The number of aromatic nitrogens is 5. The molecule has 30 heavy (non-hydrogen) atoms. The Morgan fingerprint density at radius 3 is 2.77 bits per heavy atom. The van der Waals surface area contributed by atoms with Crippen LogP contribution in [0.4, 0.5) is 14.6 Å². The van der Waals surface area contributed by atoms with Gasteiger partial charge in [-0.05, 0) is 54.4 Å². The number of fused-ring (bicyclic) bond motifs is 4. The fraction of sp³-hybridized carbons (Fsp3) is 0.136. The molecule has 5 aromatic rings. The van der Waals surface area contributed by atoms with E-state index in [0.717, 1.165) is 40.9 Å². The summed E-state index contributed by atoms with van der Waals surface area (Å²) in [6, 6.07) is 15.0. The van der Waals surface area contributed by atoms with Crippen molar-refractivity contribution in [3.63, 3.8) is 0 Å². The highest BCUT2D eigenvalue weighted by atomic mass is 19.1. The minimum Gasteiger partial charge on any atom is -0.357 e. The second-order valence-corrected chi connectivity index (χ2v) is 7.41. The van der Waals surface area contributed by atoms with Gasteiger partial charge in [-0.15, -0.1) is 15.3 Å². The van der Waals surface area contributed by atoms with Crippen LogP contribution in [-0.2, 0) is 13.0 Å². The zero-order valence-electron chi connectivity index (χ0n) is 15.8. The molecule has 0 spiro atoms. The second kappa shape index (κ2) is 6.35. The van der Waals surface area contributed by atoms with E-state index in [2.05, 4.69) is 20.1 Å². The number of nitrogens with one attached hydrogen (secondary N) is 1. The molecular formula is C22H16F2N6. The zero-order valence-corrected chi connectivity index (χ0v) is 15.8. The molecule has 0 saturated heterocycles. The van der Waals surface area contributed by atoms with Crippen LogP contribution in [0.5, 0.6) is 0 Å². The van der Waals surface area contributed by atoms with Crippen LogP contribution in [0.3, 0.4) is 0 Å². The molecule has 0 fully saturated rings. The van der Waals surface area contributed by atoms with E-state index in [1.165, 1.54) is 12.1 Å². The number of H-pyrrole nitrogens is 1. The van der Waals surface area contributed by atoms with Gasteiger partial charge in [-0.1, -0.05) is 12.1 Å². The molecule has 6 nitrogen and oxygen atoms in total.